The van der Waals surface area contributed by atoms with E-state index in [1.54, 1.807) is 23.5 Å². The first-order chi connectivity index (χ1) is 14.1. The molecular formula is C23H21Cl2NOS2. The summed E-state index contributed by atoms with van der Waals surface area (Å²) in [5, 5.41) is 4.47. The number of benzene rings is 3. The molecule has 0 saturated carbocycles. The van der Waals surface area contributed by atoms with Crippen LogP contribution in [0, 0.1) is 0 Å². The Morgan fingerprint density at radius 1 is 0.759 bits per heavy atom. The predicted molar refractivity (Wildman–Crippen MR) is 127 cm³/mol. The van der Waals surface area contributed by atoms with Crippen LogP contribution in [0.2, 0.25) is 10.0 Å². The minimum Gasteiger partial charge on any atom is -0.351 e. The van der Waals surface area contributed by atoms with Gasteiger partial charge >= 0.3 is 0 Å². The van der Waals surface area contributed by atoms with Crippen molar-refractivity contribution in [2.24, 2.45) is 0 Å². The van der Waals surface area contributed by atoms with Crippen LogP contribution in [0.1, 0.15) is 21.5 Å². The van der Waals surface area contributed by atoms with Gasteiger partial charge in [0, 0.05) is 44.3 Å². The Balaban J connectivity index is 1.37. The Morgan fingerprint density at radius 2 is 1.31 bits per heavy atom. The van der Waals surface area contributed by atoms with Crippen LogP contribution in [0.3, 0.4) is 0 Å². The van der Waals surface area contributed by atoms with Crippen molar-refractivity contribution in [2.45, 2.75) is 16.4 Å². The molecule has 0 aliphatic carbocycles. The van der Waals surface area contributed by atoms with Gasteiger partial charge < -0.3 is 5.32 Å². The molecule has 6 heteroatoms. The third-order valence-electron chi connectivity index (χ3n) is 4.15. The van der Waals surface area contributed by atoms with E-state index >= 15 is 0 Å². The van der Waals surface area contributed by atoms with Crippen molar-refractivity contribution < 1.29 is 4.79 Å². The van der Waals surface area contributed by atoms with E-state index in [1.165, 1.54) is 16.0 Å². The summed E-state index contributed by atoms with van der Waals surface area (Å²) in [5.74, 6) is 2.59. The van der Waals surface area contributed by atoms with Crippen LogP contribution in [0.4, 0.5) is 0 Å². The molecule has 0 spiro atoms. The number of rotatable bonds is 9. The highest BCUT2D eigenvalue weighted by Crippen LogP contribution is 2.24. The number of amides is 1. The first kappa shape index (κ1) is 22.1. The minimum absolute atomic E-state index is 0.0333. The first-order valence-corrected chi connectivity index (χ1v) is 12.1. The molecule has 29 heavy (non-hydrogen) atoms. The zero-order chi connectivity index (χ0) is 20.5. The fourth-order valence-corrected chi connectivity index (χ4v) is 4.48. The van der Waals surface area contributed by atoms with Crippen molar-refractivity contribution in [3.8, 4) is 0 Å². The average molecular weight is 462 g/mol. The smallest absolute Gasteiger partial charge is 0.251 e. The molecule has 3 aromatic carbocycles. The molecule has 2 nitrogen and oxygen atoms in total. The number of halogens is 2. The van der Waals surface area contributed by atoms with Crippen LogP contribution in [0.5, 0.6) is 0 Å². The second kappa shape index (κ2) is 11.6. The summed E-state index contributed by atoms with van der Waals surface area (Å²) in [5.41, 5.74) is 3.10. The highest BCUT2D eigenvalue weighted by atomic mass is 35.5. The average Bonchev–Trinajstić information content (AvgIpc) is 2.74. The molecule has 0 atom stereocenters. The molecule has 0 aromatic heterocycles. The van der Waals surface area contributed by atoms with Gasteiger partial charge in [0.15, 0.2) is 0 Å². The largest absolute Gasteiger partial charge is 0.351 e. The van der Waals surface area contributed by atoms with Crippen LogP contribution in [-0.2, 0) is 11.5 Å². The topological polar surface area (TPSA) is 29.1 Å². The third kappa shape index (κ3) is 7.63. The number of carbonyl (C=O) groups is 1. The summed E-state index contributed by atoms with van der Waals surface area (Å²) in [4.78, 5) is 13.5. The summed E-state index contributed by atoms with van der Waals surface area (Å²) >= 11 is 15.3. The summed E-state index contributed by atoms with van der Waals surface area (Å²) in [6.45, 7) is 0.644. The molecule has 0 heterocycles. The lowest BCUT2D eigenvalue weighted by molar-refractivity contribution is 0.0956. The van der Waals surface area contributed by atoms with Crippen molar-refractivity contribution in [2.75, 3.05) is 12.3 Å². The highest BCUT2D eigenvalue weighted by molar-refractivity contribution is 7.98. The van der Waals surface area contributed by atoms with Gasteiger partial charge in [-0.15, -0.1) is 11.8 Å². The van der Waals surface area contributed by atoms with Gasteiger partial charge in [-0.1, -0.05) is 47.5 Å². The fourth-order valence-electron chi connectivity index (χ4n) is 2.56. The van der Waals surface area contributed by atoms with E-state index in [0.29, 0.717) is 12.1 Å². The Hall–Kier alpha value is -1.59. The van der Waals surface area contributed by atoms with Gasteiger partial charge in [0.25, 0.3) is 5.91 Å². The summed E-state index contributed by atoms with van der Waals surface area (Å²) in [6, 6.07) is 23.5. The van der Waals surface area contributed by atoms with Crippen molar-refractivity contribution in [1.82, 2.24) is 5.32 Å². The van der Waals surface area contributed by atoms with Gasteiger partial charge in [0.1, 0.15) is 0 Å². The zero-order valence-corrected chi connectivity index (χ0v) is 18.9. The molecule has 3 rings (SSSR count). The Kier molecular flexibility index (Phi) is 8.81. The predicted octanol–water partition coefficient (Wildman–Crippen LogP) is 6.95. The van der Waals surface area contributed by atoms with Crippen LogP contribution in [-0.4, -0.2) is 18.2 Å². The van der Waals surface area contributed by atoms with Gasteiger partial charge in [-0.05, 0) is 59.7 Å². The summed E-state index contributed by atoms with van der Waals surface area (Å²) in [7, 11) is 0. The maximum absolute atomic E-state index is 12.3. The van der Waals surface area contributed by atoms with Gasteiger partial charge in [0.2, 0.25) is 0 Å². The molecule has 1 amide bonds. The summed E-state index contributed by atoms with van der Waals surface area (Å²) < 4.78 is 0. The minimum atomic E-state index is -0.0333. The van der Waals surface area contributed by atoms with Gasteiger partial charge in [-0.25, -0.2) is 0 Å². The maximum atomic E-state index is 12.3. The molecule has 0 radical (unpaired) electrons. The molecule has 3 aromatic rings. The second-order valence-electron chi connectivity index (χ2n) is 6.37. The number of hydrogen-bond donors (Lipinski definition) is 1. The number of carbonyl (C=O) groups excluding carboxylic acids is 1. The lowest BCUT2D eigenvalue weighted by Gasteiger charge is -2.07. The molecule has 0 bridgehead atoms. The van der Waals surface area contributed by atoms with Crippen LogP contribution < -0.4 is 5.32 Å². The third-order valence-corrected chi connectivity index (χ3v) is 6.77. The van der Waals surface area contributed by atoms with Crippen LogP contribution in [0.15, 0.2) is 77.7 Å². The fraction of sp³-hybridized carbons (Fsp3) is 0.174. The van der Waals surface area contributed by atoms with Gasteiger partial charge in [0.05, 0.1) is 0 Å². The summed E-state index contributed by atoms with van der Waals surface area (Å²) in [6.07, 6.45) is 0. The van der Waals surface area contributed by atoms with Crippen LogP contribution in [0.25, 0.3) is 0 Å². The number of hydrogen-bond acceptors (Lipinski definition) is 3. The monoisotopic (exact) mass is 461 g/mol. The number of thioether (sulfide) groups is 2. The van der Waals surface area contributed by atoms with Gasteiger partial charge in [-0.3, -0.25) is 4.79 Å². The Bertz CT molecular complexity index is 913. The SMILES string of the molecule is O=C(NCCSCc1ccc(Cl)cc1)c1ccc(CSc2ccc(Cl)cc2)cc1. The molecule has 0 aliphatic rings. The van der Waals surface area contributed by atoms with Crippen molar-refractivity contribution >= 4 is 52.6 Å². The first-order valence-electron chi connectivity index (χ1n) is 9.18. The van der Waals surface area contributed by atoms with Crippen molar-refractivity contribution in [1.29, 1.82) is 0 Å². The van der Waals surface area contributed by atoms with E-state index in [-0.39, 0.29) is 5.91 Å². The molecular weight excluding hydrogens is 441 g/mol. The van der Waals surface area contributed by atoms with E-state index in [4.69, 9.17) is 23.2 Å². The number of nitrogens with one attached hydrogen (secondary N) is 1. The lowest BCUT2D eigenvalue weighted by Crippen LogP contribution is -2.25. The molecule has 0 unspecified atom stereocenters. The normalized spacial score (nSPS) is 10.7. The maximum Gasteiger partial charge on any atom is 0.251 e. The second-order valence-corrected chi connectivity index (χ2v) is 9.40. The quantitative estimate of drug-likeness (QED) is 0.276. The molecule has 0 saturated heterocycles. The van der Waals surface area contributed by atoms with Crippen molar-refractivity contribution in [3.05, 3.63) is 99.5 Å². The van der Waals surface area contributed by atoms with E-state index in [0.717, 1.165) is 27.3 Å². The molecule has 150 valence electrons. The van der Waals surface area contributed by atoms with E-state index in [2.05, 4.69) is 5.32 Å². The Morgan fingerprint density at radius 3 is 1.97 bits per heavy atom. The Labute approximate surface area is 190 Å². The van der Waals surface area contributed by atoms with E-state index < -0.39 is 0 Å². The standard InChI is InChI=1S/C23H21Cl2NOS2/c24-20-7-3-17(4-8-20)15-28-14-13-26-23(27)19-5-1-18(2-6-19)16-29-22-11-9-21(25)10-12-22/h1-12H,13-16H2,(H,26,27). The molecule has 1 N–H and O–H groups in total. The molecule has 0 fully saturated rings. The lowest BCUT2D eigenvalue weighted by atomic mass is 10.1. The highest BCUT2D eigenvalue weighted by Gasteiger charge is 2.05. The van der Waals surface area contributed by atoms with Gasteiger partial charge in [-0.2, -0.15) is 11.8 Å². The zero-order valence-electron chi connectivity index (χ0n) is 15.7. The van der Waals surface area contributed by atoms with Crippen molar-refractivity contribution in [3.63, 3.8) is 0 Å². The van der Waals surface area contributed by atoms with E-state index in [1.807, 2.05) is 72.8 Å². The molecule has 0 aliphatic heterocycles. The van der Waals surface area contributed by atoms with Crippen LogP contribution >= 0.6 is 46.7 Å². The van der Waals surface area contributed by atoms with E-state index in [9.17, 15) is 4.79 Å².